The molecule has 6 nitrogen and oxygen atoms in total. The molecule has 4 aromatic rings. The minimum atomic E-state index is -0.240. The number of carbonyl (C=O) groups is 1. The maximum absolute atomic E-state index is 12.6. The van der Waals surface area contributed by atoms with Crippen LogP contribution in [0.3, 0.4) is 0 Å². The maximum Gasteiger partial charge on any atom is 0.253 e. The zero-order chi connectivity index (χ0) is 23.2. The van der Waals surface area contributed by atoms with Crippen molar-refractivity contribution in [3.05, 3.63) is 89.5 Å². The molecule has 1 atom stereocenters. The van der Waals surface area contributed by atoms with Gasteiger partial charge in [-0.3, -0.25) is 9.78 Å². The average molecular weight is 443 g/mol. The number of aromatic nitrogens is 3. The molecule has 2 aromatic carbocycles. The fraction of sp³-hybridized carbons (Fsp3) is 0.296. The Morgan fingerprint density at radius 3 is 2.73 bits per heavy atom. The second-order valence-corrected chi connectivity index (χ2v) is 8.30. The number of nitrogens with zero attached hydrogens (tertiary/aromatic N) is 3. The molecule has 0 radical (unpaired) electrons. The van der Waals surface area contributed by atoms with E-state index in [0.717, 1.165) is 42.0 Å². The van der Waals surface area contributed by atoms with Crippen molar-refractivity contribution in [2.75, 3.05) is 6.61 Å². The SMILES string of the molecule is Cc1cccc(OCCCCn2c(C(C)NC(=O)c3cccnc3)nc3ccccc32)c1C. The van der Waals surface area contributed by atoms with Crippen molar-refractivity contribution < 1.29 is 9.53 Å². The summed E-state index contributed by atoms with van der Waals surface area (Å²) in [7, 11) is 0. The van der Waals surface area contributed by atoms with Crippen LogP contribution in [0, 0.1) is 13.8 Å². The van der Waals surface area contributed by atoms with E-state index in [1.807, 2.05) is 37.3 Å². The minimum absolute atomic E-state index is 0.156. The summed E-state index contributed by atoms with van der Waals surface area (Å²) in [5.41, 5.74) is 4.98. The number of aryl methyl sites for hydroxylation is 2. The molecule has 0 saturated carbocycles. The highest BCUT2D eigenvalue weighted by molar-refractivity contribution is 5.94. The Morgan fingerprint density at radius 2 is 1.91 bits per heavy atom. The molecule has 2 aromatic heterocycles. The molecule has 1 unspecified atom stereocenters. The Hall–Kier alpha value is -3.67. The molecule has 33 heavy (non-hydrogen) atoms. The summed E-state index contributed by atoms with van der Waals surface area (Å²) in [5.74, 6) is 1.65. The molecule has 0 spiro atoms. The molecule has 0 aliphatic rings. The van der Waals surface area contributed by atoms with Crippen molar-refractivity contribution in [2.24, 2.45) is 0 Å². The Labute approximate surface area is 194 Å². The normalized spacial score (nSPS) is 12.0. The highest BCUT2D eigenvalue weighted by Gasteiger charge is 2.19. The van der Waals surface area contributed by atoms with Gasteiger partial charge in [-0.15, -0.1) is 0 Å². The molecule has 0 aliphatic carbocycles. The summed E-state index contributed by atoms with van der Waals surface area (Å²) in [5, 5.41) is 3.06. The van der Waals surface area contributed by atoms with Gasteiger partial charge in [0, 0.05) is 18.9 Å². The third kappa shape index (κ3) is 5.22. The Balaban J connectivity index is 1.42. The molecule has 0 fully saturated rings. The van der Waals surface area contributed by atoms with E-state index < -0.39 is 0 Å². The summed E-state index contributed by atoms with van der Waals surface area (Å²) in [6.45, 7) is 7.63. The number of hydrogen-bond acceptors (Lipinski definition) is 4. The number of para-hydroxylation sites is 2. The van der Waals surface area contributed by atoms with Gasteiger partial charge in [0.2, 0.25) is 0 Å². The predicted molar refractivity (Wildman–Crippen MR) is 130 cm³/mol. The van der Waals surface area contributed by atoms with Crippen LogP contribution in [-0.2, 0) is 6.54 Å². The maximum atomic E-state index is 12.6. The van der Waals surface area contributed by atoms with Crippen LogP contribution in [0.2, 0.25) is 0 Å². The van der Waals surface area contributed by atoms with Gasteiger partial charge < -0.3 is 14.6 Å². The quantitative estimate of drug-likeness (QED) is 0.353. The van der Waals surface area contributed by atoms with Gasteiger partial charge in [-0.05, 0) is 75.1 Å². The molecule has 0 aliphatic heterocycles. The van der Waals surface area contributed by atoms with Crippen molar-refractivity contribution in [3.8, 4) is 5.75 Å². The van der Waals surface area contributed by atoms with E-state index >= 15 is 0 Å². The fourth-order valence-corrected chi connectivity index (χ4v) is 3.94. The molecule has 6 heteroatoms. The van der Waals surface area contributed by atoms with Gasteiger partial charge in [-0.1, -0.05) is 24.3 Å². The molecule has 4 rings (SSSR count). The van der Waals surface area contributed by atoms with Crippen LogP contribution in [0.5, 0.6) is 5.75 Å². The van der Waals surface area contributed by atoms with Gasteiger partial charge in [0.1, 0.15) is 11.6 Å². The standard InChI is InChI=1S/C27H30N4O2/c1-19-10-8-14-25(20(19)2)33-17-7-6-16-31-24-13-5-4-12-23(24)30-26(31)21(3)29-27(32)22-11-9-15-28-18-22/h4-5,8-15,18,21H,6-7,16-17H2,1-3H3,(H,29,32). The number of pyridine rings is 1. The number of benzene rings is 2. The summed E-state index contributed by atoms with van der Waals surface area (Å²) in [6.07, 6.45) is 5.10. The fourth-order valence-electron chi connectivity index (χ4n) is 3.94. The number of fused-ring (bicyclic) bond motifs is 1. The highest BCUT2D eigenvalue weighted by atomic mass is 16.5. The lowest BCUT2D eigenvalue weighted by atomic mass is 10.1. The second-order valence-electron chi connectivity index (χ2n) is 8.30. The zero-order valence-corrected chi connectivity index (χ0v) is 19.4. The number of ether oxygens (including phenoxy) is 1. The van der Waals surface area contributed by atoms with Crippen LogP contribution in [0.15, 0.2) is 67.0 Å². The molecule has 1 amide bonds. The van der Waals surface area contributed by atoms with E-state index in [0.29, 0.717) is 12.2 Å². The highest BCUT2D eigenvalue weighted by Crippen LogP contribution is 2.23. The smallest absolute Gasteiger partial charge is 0.253 e. The molecule has 0 bridgehead atoms. The lowest BCUT2D eigenvalue weighted by Crippen LogP contribution is -2.28. The summed E-state index contributed by atoms with van der Waals surface area (Å²) in [6, 6.07) is 17.5. The number of rotatable bonds is 9. The number of carbonyl (C=O) groups excluding carboxylic acids is 1. The third-order valence-corrected chi connectivity index (χ3v) is 5.93. The van der Waals surface area contributed by atoms with Crippen LogP contribution >= 0.6 is 0 Å². The van der Waals surface area contributed by atoms with Crippen LogP contribution in [0.25, 0.3) is 11.0 Å². The van der Waals surface area contributed by atoms with E-state index in [9.17, 15) is 4.79 Å². The molecule has 1 N–H and O–H groups in total. The Bertz CT molecular complexity index is 1230. The number of nitrogens with one attached hydrogen (secondary N) is 1. The van der Waals surface area contributed by atoms with Gasteiger partial charge in [-0.25, -0.2) is 4.98 Å². The predicted octanol–water partition coefficient (Wildman–Crippen LogP) is 5.40. The lowest BCUT2D eigenvalue weighted by molar-refractivity contribution is 0.0937. The first-order valence-corrected chi connectivity index (χ1v) is 11.4. The summed E-state index contributed by atoms with van der Waals surface area (Å²) < 4.78 is 8.23. The van der Waals surface area contributed by atoms with Gasteiger partial charge in [0.25, 0.3) is 5.91 Å². The first-order chi connectivity index (χ1) is 16.0. The first kappa shape index (κ1) is 22.5. The van der Waals surface area contributed by atoms with E-state index in [1.54, 1.807) is 24.5 Å². The molecule has 2 heterocycles. The Morgan fingerprint density at radius 1 is 1.06 bits per heavy atom. The first-order valence-electron chi connectivity index (χ1n) is 11.4. The Kier molecular flexibility index (Phi) is 7.03. The van der Waals surface area contributed by atoms with E-state index in [1.165, 1.54) is 11.1 Å². The lowest BCUT2D eigenvalue weighted by Gasteiger charge is -2.17. The van der Waals surface area contributed by atoms with Crippen molar-refractivity contribution in [2.45, 2.75) is 46.2 Å². The average Bonchev–Trinajstić information content (AvgIpc) is 3.21. The minimum Gasteiger partial charge on any atom is -0.493 e. The van der Waals surface area contributed by atoms with Gasteiger partial charge in [0.15, 0.2) is 0 Å². The van der Waals surface area contributed by atoms with Crippen molar-refractivity contribution in [3.63, 3.8) is 0 Å². The van der Waals surface area contributed by atoms with Gasteiger partial charge in [-0.2, -0.15) is 0 Å². The van der Waals surface area contributed by atoms with Crippen LogP contribution in [0.1, 0.15) is 53.1 Å². The monoisotopic (exact) mass is 442 g/mol. The van der Waals surface area contributed by atoms with Crippen LogP contribution in [-0.4, -0.2) is 27.0 Å². The van der Waals surface area contributed by atoms with Crippen LogP contribution < -0.4 is 10.1 Å². The molecular formula is C27H30N4O2. The van der Waals surface area contributed by atoms with E-state index in [-0.39, 0.29) is 11.9 Å². The van der Waals surface area contributed by atoms with Crippen LogP contribution in [0.4, 0.5) is 0 Å². The van der Waals surface area contributed by atoms with E-state index in [2.05, 4.69) is 40.8 Å². The van der Waals surface area contributed by atoms with Crippen molar-refractivity contribution in [1.29, 1.82) is 0 Å². The molecule has 170 valence electrons. The number of amides is 1. The number of hydrogen-bond donors (Lipinski definition) is 1. The summed E-state index contributed by atoms with van der Waals surface area (Å²) >= 11 is 0. The largest absolute Gasteiger partial charge is 0.493 e. The van der Waals surface area contributed by atoms with E-state index in [4.69, 9.17) is 9.72 Å². The van der Waals surface area contributed by atoms with Crippen molar-refractivity contribution >= 4 is 16.9 Å². The number of unbranched alkanes of at least 4 members (excludes halogenated alkanes) is 1. The third-order valence-electron chi connectivity index (χ3n) is 5.93. The van der Waals surface area contributed by atoms with Crippen molar-refractivity contribution in [1.82, 2.24) is 19.9 Å². The van der Waals surface area contributed by atoms with Gasteiger partial charge >= 0.3 is 0 Å². The molecular weight excluding hydrogens is 412 g/mol. The van der Waals surface area contributed by atoms with Gasteiger partial charge in [0.05, 0.1) is 29.2 Å². The number of imidazole rings is 1. The molecule has 0 saturated heterocycles. The summed E-state index contributed by atoms with van der Waals surface area (Å²) in [4.78, 5) is 21.5. The topological polar surface area (TPSA) is 69.0 Å². The second kappa shape index (κ2) is 10.3. The zero-order valence-electron chi connectivity index (χ0n) is 19.4.